The third kappa shape index (κ3) is 5.24. The van der Waals surface area contributed by atoms with Gasteiger partial charge in [-0.05, 0) is 53.6 Å². The molecule has 30 heavy (non-hydrogen) atoms. The fourth-order valence-corrected chi connectivity index (χ4v) is 3.62. The van der Waals surface area contributed by atoms with Crippen LogP contribution in [0.3, 0.4) is 0 Å². The topological polar surface area (TPSA) is 107 Å². The van der Waals surface area contributed by atoms with Crippen molar-refractivity contribution in [3.05, 3.63) is 82.3 Å². The van der Waals surface area contributed by atoms with Gasteiger partial charge in [-0.3, -0.25) is 19.3 Å². The second-order valence-corrected chi connectivity index (χ2v) is 7.47. The second-order valence-electron chi connectivity index (χ2n) is 6.48. The number of rotatable bonds is 6. The maximum atomic E-state index is 12.5. The summed E-state index contributed by atoms with van der Waals surface area (Å²) in [5.74, 6) is -2.43. The number of allylic oxidation sites excluding steroid dienone is 2. The summed E-state index contributed by atoms with van der Waals surface area (Å²) < 4.78 is 0. The number of hydrogen-bond acceptors (Lipinski definition) is 6. The first-order valence-electron chi connectivity index (χ1n) is 8.93. The van der Waals surface area contributed by atoms with Gasteiger partial charge in [0.15, 0.2) is 0 Å². The summed E-state index contributed by atoms with van der Waals surface area (Å²) >= 11 is 0.780. The summed E-state index contributed by atoms with van der Waals surface area (Å²) in [5.41, 5.74) is 2.08. The number of nitrogens with one attached hydrogen (secondary N) is 1. The largest absolute Gasteiger partial charge is 0.545 e. The van der Waals surface area contributed by atoms with E-state index >= 15 is 0 Å². The van der Waals surface area contributed by atoms with E-state index in [9.17, 15) is 24.3 Å². The van der Waals surface area contributed by atoms with Gasteiger partial charge >= 0.3 is 0 Å². The van der Waals surface area contributed by atoms with Crippen LogP contribution < -0.4 is 10.4 Å². The number of hydrogen-bond donors (Lipinski definition) is 1. The van der Waals surface area contributed by atoms with Crippen molar-refractivity contribution >= 4 is 46.5 Å². The summed E-state index contributed by atoms with van der Waals surface area (Å²) in [6.45, 7) is 1.38. The van der Waals surface area contributed by atoms with E-state index in [1.165, 1.54) is 24.3 Å². The molecule has 0 unspecified atom stereocenters. The average Bonchev–Trinajstić information content (AvgIpc) is 2.96. The Morgan fingerprint density at radius 1 is 1.07 bits per heavy atom. The molecule has 2 aromatic rings. The zero-order valence-electron chi connectivity index (χ0n) is 16.0. The van der Waals surface area contributed by atoms with Gasteiger partial charge in [0, 0.05) is 5.69 Å². The number of carboxylic acid groups (broad SMARTS) is 1. The fourth-order valence-electron chi connectivity index (χ4n) is 2.73. The van der Waals surface area contributed by atoms with Gasteiger partial charge in [0.2, 0.25) is 5.91 Å². The minimum absolute atomic E-state index is 0.0250. The molecule has 1 fully saturated rings. The van der Waals surface area contributed by atoms with Crippen LogP contribution in [-0.2, 0) is 9.59 Å². The van der Waals surface area contributed by atoms with Crippen LogP contribution in [0.5, 0.6) is 0 Å². The molecule has 0 atom stereocenters. The Morgan fingerprint density at radius 2 is 1.73 bits per heavy atom. The summed E-state index contributed by atoms with van der Waals surface area (Å²) in [6.07, 6.45) is 3.51. The number of carbonyl (C=O) groups is 4. The van der Waals surface area contributed by atoms with Gasteiger partial charge in [-0.25, -0.2) is 0 Å². The molecule has 0 spiro atoms. The fraction of sp³-hybridized carbons (Fsp3) is 0.0909. The third-order valence-electron chi connectivity index (χ3n) is 4.13. The maximum Gasteiger partial charge on any atom is 0.294 e. The lowest BCUT2D eigenvalue weighted by molar-refractivity contribution is -0.255. The van der Waals surface area contributed by atoms with E-state index in [1.807, 2.05) is 43.3 Å². The number of nitrogens with zero attached hydrogens (tertiary/aromatic N) is 1. The molecule has 2 aromatic carbocycles. The van der Waals surface area contributed by atoms with Crippen LogP contribution >= 0.6 is 11.8 Å². The van der Waals surface area contributed by atoms with Crippen LogP contribution in [0.15, 0.2) is 71.2 Å². The zero-order chi connectivity index (χ0) is 21.7. The lowest BCUT2D eigenvalue weighted by Crippen LogP contribution is -2.36. The lowest BCUT2D eigenvalue weighted by atomic mass is 10.1. The molecule has 1 N–H and O–H groups in total. The number of amides is 3. The predicted molar refractivity (Wildman–Crippen MR) is 112 cm³/mol. The average molecular weight is 421 g/mol. The molecule has 0 aromatic heterocycles. The monoisotopic (exact) mass is 421 g/mol. The standard InChI is InChI=1S/C22H18N2O5S/c1-14(11-15-5-3-2-4-6-15)12-18-20(26)24(22(29)30-18)13-19(25)23-17-9-7-16(8-10-17)21(27)28/h2-12H,13H2,1H3,(H,23,25)(H,27,28)/p-1/b14-11+,18-12+. The zero-order valence-corrected chi connectivity index (χ0v) is 16.8. The molecule has 7 nitrogen and oxygen atoms in total. The van der Waals surface area contributed by atoms with Crippen molar-refractivity contribution in [1.29, 1.82) is 0 Å². The van der Waals surface area contributed by atoms with Crippen molar-refractivity contribution in [2.75, 3.05) is 11.9 Å². The molecular formula is C22H17N2O5S-. The Balaban J connectivity index is 1.65. The van der Waals surface area contributed by atoms with E-state index < -0.39 is 29.6 Å². The number of benzene rings is 2. The Labute approximate surface area is 177 Å². The highest BCUT2D eigenvalue weighted by molar-refractivity contribution is 8.18. The molecule has 3 amide bonds. The molecule has 1 saturated heterocycles. The van der Waals surface area contributed by atoms with Crippen LogP contribution in [0.1, 0.15) is 22.8 Å². The highest BCUT2D eigenvalue weighted by Gasteiger charge is 2.36. The maximum absolute atomic E-state index is 12.5. The van der Waals surface area contributed by atoms with E-state index in [0.717, 1.165) is 27.8 Å². The molecule has 152 valence electrons. The van der Waals surface area contributed by atoms with Crippen LogP contribution in [0.2, 0.25) is 0 Å². The van der Waals surface area contributed by atoms with E-state index in [4.69, 9.17) is 0 Å². The summed E-state index contributed by atoms with van der Waals surface area (Å²) in [5, 5.41) is 12.8. The first-order chi connectivity index (χ1) is 14.3. The molecule has 1 aliphatic heterocycles. The molecule has 0 saturated carbocycles. The number of carbonyl (C=O) groups excluding carboxylic acids is 4. The van der Waals surface area contributed by atoms with Crippen molar-refractivity contribution < 1.29 is 24.3 Å². The van der Waals surface area contributed by atoms with Crippen molar-refractivity contribution in [2.24, 2.45) is 0 Å². The quantitative estimate of drug-likeness (QED) is 0.719. The number of carboxylic acids is 1. The normalized spacial score (nSPS) is 15.6. The van der Waals surface area contributed by atoms with Crippen molar-refractivity contribution in [3.63, 3.8) is 0 Å². The molecule has 0 aliphatic carbocycles. The van der Waals surface area contributed by atoms with Crippen molar-refractivity contribution in [2.45, 2.75) is 6.92 Å². The molecule has 0 radical (unpaired) electrons. The van der Waals surface area contributed by atoms with E-state index in [0.29, 0.717) is 5.69 Å². The number of thioether (sulfide) groups is 1. The SMILES string of the molecule is CC(=C\c1ccccc1)/C=C1/SC(=O)N(CC(=O)Nc2ccc(C(=O)[O-])cc2)C1=O. The van der Waals surface area contributed by atoms with Gasteiger partial charge in [-0.1, -0.05) is 48.5 Å². The van der Waals surface area contributed by atoms with Gasteiger partial charge in [-0.2, -0.15) is 0 Å². The van der Waals surface area contributed by atoms with Crippen LogP contribution in [0.4, 0.5) is 10.5 Å². The van der Waals surface area contributed by atoms with E-state index in [2.05, 4.69) is 5.32 Å². The smallest absolute Gasteiger partial charge is 0.294 e. The Morgan fingerprint density at radius 3 is 2.37 bits per heavy atom. The molecule has 1 aliphatic rings. The Hall–Kier alpha value is -3.65. The number of aromatic carboxylic acids is 1. The van der Waals surface area contributed by atoms with Gasteiger partial charge in [0.25, 0.3) is 11.1 Å². The summed E-state index contributed by atoms with van der Waals surface area (Å²) in [6, 6.07) is 14.9. The highest BCUT2D eigenvalue weighted by atomic mass is 32.2. The van der Waals surface area contributed by atoms with Gasteiger partial charge in [-0.15, -0.1) is 0 Å². The second kappa shape index (κ2) is 9.23. The van der Waals surface area contributed by atoms with Crippen LogP contribution in [-0.4, -0.2) is 34.5 Å². The van der Waals surface area contributed by atoms with Gasteiger partial charge < -0.3 is 15.2 Å². The Bertz CT molecular complexity index is 1060. The van der Waals surface area contributed by atoms with Crippen molar-refractivity contribution in [1.82, 2.24) is 4.90 Å². The number of anilines is 1. The van der Waals surface area contributed by atoms with E-state index in [-0.39, 0.29) is 10.5 Å². The van der Waals surface area contributed by atoms with Crippen LogP contribution in [0.25, 0.3) is 6.08 Å². The molecule has 8 heteroatoms. The third-order valence-corrected chi connectivity index (χ3v) is 5.04. The molecule has 3 rings (SSSR count). The number of imide groups is 1. The summed E-state index contributed by atoms with van der Waals surface area (Å²) in [4.78, 5) is 48.8. The predicted octanol–water partition coefficient (Wildman–Crippen LogP) is 2.67. The van der Waals surface area contributed by atoms with Gasteiger partial charge in [0.1, 0.15) is 6.54 Å². The first-order valence-corrected chi connectivity index (χ1v) is 9.75. The summed E-state index contributed by atoms with van der Waals surface area (Å²) in [7, 11) is 0. The van der Waals surface area contributed by atoms with E-state index in [1.54, 1.807) is 6.08 Å². The van der Waals surface area contributed by atoms with Gasteiger partial charge in [0.05, 0.1) is 10.9 Å². The molecule has 1 heterocycles. The molecular weight excluding hydrogens is 404 g/mol. The first kappa shape index (κ1) is 21.1. The Kier molecular flexibility index (Phi) is 6.48. The highest BCUT2D eigenvalue weighted by Crippen LogP contribution is 2.31. The van der Waals surface area contributed by atoms with Crippen LogP contribution in [0, 0.1) is 0 Å². The minimum Gasteiger partial charge on any atom is -0.545 e. The minimum atomic E-state index is -1.32. The lowest BCUT2D eigenvalue weighted by Gasteiger charge is -2.12. The molecule has 0 bridgehead atoms. The van der Waals surface area contributed by atoms with Crippen molar-refractivity contribution in [3.8, 4) is 0 Å².